The van der Waals surface area contributed by atoms with Gasteiger partial charge in [-0.15, -0.1) is 11.8 Å². The highest BCUT2D eigenvalue weighted by Crippen LogP contribution is 2.29. The van der Waals surface area contributed by atoms with Crippen LogP contribution in [0.2, 0.25) is 0 Å². The predicted molar refractivity (Wildman–Crippen MR) is 92.3 cm³/mol. The molecule has 3 heteroatoms. The predicted octanol–water partition coefficient (Wildman–Crippen LogP) is 4.85. The molecular formula is C19H16O2S. The molecule has 2 nitrogen and oxygen atoms in total. The van der Waals surface area contributed by atoms with Gasteiger partial charge in [-0.25, -0.2) is 0 Å². The summed E-state index contributed by atoms with van der Waals surface area (Å²) in [6.45, 7) is 0. The minimum absolute atomic E-state index is 0.242. The van der Waals surface area contributed by atoms with Gasteiger partial charge in [0.2, 0.25) is 0 Å². The summed E-state index contributed by atoms with van der Waals surface area (Å²) in [7, 11) is 0. The van der Waals surface area contributed by atoms with Crippen molar-refractivity contribution in [2.75, 3.05) is 6.26 Å². The van der Waals surface area contributed by atoms with Crippen molar-refractivity contribution < 1.29 is 9.53 Å². The first-order valence-electron chi connectivity index (χ1n) is 7.06. The van der Waals surface area contributed by atoms with E-state index in [2.05, 4.69) is 0 Å². The Kier molecular flexibility index (Phi) is 4.45. The van der Waals surface area contributed by atoms with Gasteiger partial charge in [0.15, 0.2) is 0 Å². The lowest BCUT2D eigenvalue weighted by Crippen LogP contribution is -2.16. The van der Waals surface area contributed by atoms with Crippen LogP contribution in [0.25, 0.3) is 10.8 Å². The standard InChI is InChI=1S/C19H16O2S/c1-22-18(15-8-3-2-4-9-15)19(20)21-17-12-11-14-7-5-6-10-16(14)13-17/h2-13,18H,1H3. The summed E-state index contributed by atoms with van der Waals surface area (Å²) in [6.07, 6.45) is 1.92. The lowest BCUT2D eigenvalue weighted by Gasteiger charge is -2.14. The molecule has 1 atom stereocenters. The molecule has 0 spiro atoms. The van der Waals surface area contributed by atoms with Crippen LogP contribution in [0.4, 0.5) is 0 Å². The Morgan fingerprint density at radius 2 is 1.59 bits per heavy atom. The summed E-state index contributed by atoms with van der Waals surface area (Å²) in [5.74, 6) is 0.340. The van der Waals surface area contributed by atoms with Crippen LogP contribution in [0, 0.1) is 0 Å². The zero-order valence-corrected chi connectivity index (χ0v) is 13.0. The normalized spacial score (nSPS) is 12.0. The number of hydrogen-bond donors (Lipinski definition) is 0. The Labute approximate surface area is 134 Å². The number of ether oxygens (including phenoxy) is 1. The smallest absolute Gasteiger partial charge is 0.328 e. The molecule has 0 bridgehead atoms. The van der Waals surface area contributed by atoms with E-state index in [1.165, 1.54) is 11.8 Å². The van der Waals surface area contributed by atoms with E-state index in [-0.39, 0.29) is 11.2 Å². The lowest BCUT2D eigenvalue weighted by atomic mass is 10.1. The van der Waals surface area contributed by atoms with Crippen LogP contribution in [0.3, 0.4) is 0 Å². The summed E-state index contributed by atoms with van der Waals surface area (Å²) >= 11 is 1.48. The number of carbonyl (C=O) groups excluding carboxylic acids is 1. The van der Waals surface area contributed by atoms with E-state index in [9.17, 15) is 4.79 Å². The third-order valence-corrected chi connectivity index (χ3v) is 4.43. The van der Waals surface area contributed by atoms with Crippen molar-refractivity contribution in [3.05, 3.63) is 78.4 Å². The van der Waals surface area contributed by atoms with Crippen LogP contribution in [0.1, 0.15) is 10.8 Å². The molecule has 0 aliphatic rings. The van der Waals surface area contributed by atoms with Gasteiger partial charge in [0.25, 0.3) is 0 Å². The Balaban J connectivity index is 1.82. The summed E-state index contributed by atoms with van der Waals surface area (Å²) in [4.78, 5) is 12.4. The minimum atomic E-state index is -0.312. The van der Waals surface area contributed by atoms with Crippen molar-refractivity contribution in [1.29, 1.82) is 0 Å². The molecule has 0 fully saturated rings. The second-order valence-electron chi connectivity index (χ2n) is 4.96. The van der Waals surface area contributed by atoms with Crippen LogP contribution in [-0.4, -0.2) is 12.2 Å². The molecule has 0 N–H and O–H groups in total. The maximum Gasteiger partial charge on any atom is 0.328 e. The maximum absolute atomic E-state index is 12.4. The Hall–Kier alpha value is -2.26. The van der Waals surface area contributed by atoms with Gasteiger partial charge < -0.3 is 4.74 Å². The second kappa shape index (κ2) is 6.67. The second-order valence-corrected chi connectivity index (χ2v) is 5.90. The average Bonchev–Trinajstić information content (AvgIpc) is 2.56. The molecule has 3 aromatic carbocycles. The van der Waals surface area contributed by atoms with E-state index in [1.54, 1.807) is 0 Å². The SMILES string of the molecule is CSC(C(=O)Oc1ccc2ccccc2c1)c1ccccc1. The molecule has 3 aromatic rings. The molecule has 3 rings (SSSR count). The summed E-state index contributed by atoms with van der Waals surface area (Å²) in [5.41, 5.74) is 0.959. The number of carbonyl (C=O) groups is 1. The number of hydrogen-bond acceptors (Lipinski definition) is 3. The molecule has 0 aromatic heterocycles. The van der Waals surface area contributed by atoms with Gasteiger partial charge in [-0.3, -0.25) is 4.79 Å². The van der Waals surface area contributed by atoms with Crippen LogP contribution >= 0.6 is 11.8 Å². The van der Waals surface area contributed by atoms with E-state index >= 15 is 0 Å². The van der Waals surface area contributed by atoms with Crippen LogP contribution in [-0.2, 0) is 4.79 Å². The number of rotatable bonds is 4. The van der Waals surface area contributed by atoms with Crippen molar-refractivity contribution in [2.45, 2.75) is 5.25 Å². The number of thioether (sulfide) groups is 1. The molecular weight excluding hydrogens is 292 g/mol. The minimum Gasteiger partial charge on any atom is -0.425 e. The molecule has 0 heterocycles. The van der Waals surface area contributed by atoms with Crippen molar-refractivity contribution in [3.63, 3.8) is 0 Å². The first kappa shape index (κ1) is 14.7. The van der Waals surface area contributed by atoms with Crippen LogP contribution in [0.15, 0.2) is 72.8 Å². The first-order chi connectivity index (χ1) is 10.8. The van der Waals surface area contributed by atoms with Crippen molar-refractivity contribution in [1.82, 2.24) is 0 Å². The van der Waals surface area contributed by atoms with Gasteiger partial charge in [0, 0.05) is 0 Å². The fourth-order valence-electron chi connectivity index (χ4n) is 2.40. The molecule has 22 heavy (non-hydrogen) atoms. The molecule has 0 saturated carbocycles. The van der Waals surface area contributed by atoms with Gasteiger partial charge in [0.1, 0.15) is 11.0 Å². The van der Waals surface area contributed by atoms with E-state index in [0.29, 0.717) is 5.75 Å². The van der Waals surface area contributed by atoms with Crippen molar-refractivity contribution in [2.24, 2.45) is 0 Å². The van der Waals surface area contributed by atoms with E-state index < -0.39 is 0 Å². The zero-order valence-electron chi connectivity index (χ0n) is 12.2. The maximum atomic E-state index is 12.4. The third-order valence-electron chi connectivity index (χ3n) is 3.49. The highest BCUT2D eigenvalue weighted by Gasteiger charge is 2.21. The van der Waals surface area contributed by atoms with E-state index in [0.717, 1.165) is 16.3 Å². The molecule has 0 aliphatic heterocycles. The van der Waals surface area contributed by atoms with Gasteiger partial charge in [-0.2, -0.15) is 0 Å². The highest BCUT2D eigenvalue weighted by atomic mass is 32.2. The Morgan fingerprint density at radius 1 is 0.909 bits per heavy atom. The first-order valence-corrected chi connectivity index (χ1v) is 8.35. The van der Waals surface area contributed by atoms with Gasteiger partial charge in [-0.1, -0.05) is 60.7 Å². The van der Waals surface area contributed by atoms with Crippen LogP contribution < -0.4 is 4.74 Å². The zero-order chi connectivity index (χ0) is 15.4. The van der Waals surface area contributed by atoms with Gasteiger partial charge >= 0.3 is 5.97 Å². The molecule has 0 amide bonds. The summed E-state index contributed by atoms with van der Waals surface area (Å²) in [6, 6.07) is 23.4. The Morgan fingerprint density at radius 3 is 2.32 bits per heavy atom. The Bertz CT molecular complexity index is 784. The molecule has 0 radical (unpaired) electrons. The van der Waals surface area contributed by atoms with Crippen molar-refractivity contribution in [3.8, 4) is 5.75 Å². The number of benzene rings is 3. The number of esters is 1. The number of fused-ring (bicyclic) bond motifs is 1. The van der Waals surface area contributed by atoms with E-state index in [4.69, 9.17) is 4.74 Å². The average molecular weight is 308 g/mol. The quantitative estimate of drug-likeness (QED) is 0.509. The fraction of sp³-hybridized carbons (Fsp3) is 0.105. The summed E-state index contributed by atoms with van der Waals surface area (Å²) < 4.78 is 5.57. The van der Waals surface area contributed by atoms with Crippen LogP contribution in [0.5, 0.6) is 5.75 Å². The van der Waals surface area contributed by atoms with Gasteiger partial charge in [-0.05, 0) is 34.7 Å². The van der Waals surface area contributed by atoms with E-state index in [1.807, 2.05) is 79.1 Å². The third kappa shape index (κ3) is 3.15. The molecule has 1 unspecified atom stereocenters. The van der Waals surface area contributed by atoms with Gasteiger partial charge in [0.05, 0.1) is 0 Å². The van der Waals surface area contributed by atoms with Crippen molar-refractivity contribution >= 4 is 28.5 Å². The fourth-order valence-corrected chi connectivity index (χ4v) is 3.07. The largest absolute Gasteiger partial charge is 0.425 e. The summed E-state index contributed by atoms with van der Waals surface area (Å²) in [5, 5.41) is 1.88. The molecule has 0 aliphatic carbocycles. The molecule has 0 saturated heterocycles. The monoisotopic (exact) mass is 308 g/mol. The highest BCUT2D eigenvalue weighted by molar-refractivity contribution is 7.99. The molecule has 110 valence electrons. The topological polar surface area (TPSA) is 26.3 Å². The lowest BCUT2D eigenvalue weighted by molar-refractivity contribution is -0.133.